The van der Waals surface area contributed by atoms with Gasteiger partial charge in [-0.15, -0.1) is 0 Å². The Hall–Kier alpha value is -1.85. The molecule has 5 rings (SSSR count). The molecule has 0 spiro atoms. The molecule has 74 heavy (non-hydrogen) atoms. The number of hydrogen-bond acceptors (Lipinski definition) is 2. The fourth-order valence-electron chi connectivity index (χ4n) is 13.6. The van der Waals surface area contributed by atoms with Gasteiger partial charge < -0.3 is 4.74 Å². The normalized spacial score (nSPS) is 14.7. The number of hydrogen-bond donors (Lipinski definition) is 1. The maximum atomic E-state index is 6.68. The Morgan fingerprint density at radius 1 is 0.432 bits per heavy atom. The lowest BCUT2D eigenvalue weighted by molar-refractivity contribution is 0.418. The molecule has 0 amide bonds. The van der Waals surface area contributed by atoms with Gasteiger partial charge >= 0.3 is 0 Å². The summed E-state index contributed by atoms with van der Waals surface area (Å²) in [5.41, 5.74) is 0.538. The van der Waals surface area contributed by atoms with Crippen LogP contribution in [-0.2, 0) is 0 Å². The monoisotopic (exact) mass is 1090 g/mol. The molecule has 0 aromatic heterocycles. The average molecular weight is 1090 g/mol. The second-order valence-corrected chi connectivity index (χ2v) is 43.1. The van der Waals surface area contributed by atoms with Crippen molar-refractivity contribution in [3.63, 3.8) is 0 Å². The molecular formula is C67H112NOP2Si3+. The van der Waals surface area contributed by atoms with Crippen LogP contribution in [0.5, 0.6) is 5.75 Å². The molecule has 4 aromatic rings. The van der Waals surface area contributed by atoms with Crippen molar-refractivity contribution in [1.82, 2.24) is 4.86 Å². The summed E-state index contributed by atoms with van der Waals surface area (Å²) < 4.78 is 6.68. The number of ether oxygens (including phenoxy) is 1. The topological polar surface area (TPSA) is 21.3 Å². The van der Waals surface area contributed by atoms with Crippen LogP contribution in [0.4, 0.5) is 0 Å². The maximum absolute atomic E-state index is 6.68. The van der Waals surface area contributed by atoms with Crippen LogP contribution in [-0.4, -0.2) is 37.0 Å². The molecule has 1 fully saturated rings. The van der Waals surface area contributed by atoms with Crippen LogP contribution in [0.15, 0.2) is 97.1 Å². The van der Waals surface area contributed by atoms with Gasteiger partial charge in [0.1, 0.15) is 5.30 Å². The Balaban J connectivity index is 1.95. The van der Waals surface area contributed by atoms with Gasteiger partial charge in [-0.3, -0.25) is 0 Å². The molecule has 1 aliphatic carbocycles. The van der Waals surface area contributed by atoms with Crippen LogP contribution in [0, 0.1) is 0 Å². The first-order chi connectivity index (χ1) is 36.2. The van der Waals surface area contributed by atoms with Crippen LogP contribution in [0.25, 0.3) is 0 Å². The lowest BCUT2D eigenvalue weighted by atomic mass is 10.0. The van der Waals surface area contributed by atoms with Gasteiger partial charge in [0, 0.05) is 0 Å². The summed E-state index contributed by atoms with van der Waals surface area (Å²) in [6.07, 6.45) is 30.4. The van der Waals surface area contributed by atoms with Crippen molar-refractivity contribution in [1.29, 1.82) is 0 Å². The van der Waals surface area contributed by atoms with E-state index >= 15 is 0 Å². The van der Waals surface area contributed by atoms with Crippen molar-refractivity contribution < 1.29 is 4.74 Å². The summed E-state index contributed by atoms with van der Waals surface area (Å²) in [4.78, 5) is 5.14. The summed E-state index contributed by atoms with van der Waals surface area (Å²) in [6.45, 7) is 21.9. The van der Waals surface area contributed by atoms with Crippen molar-refractivity contribution >= 4 is 76.5 Å². The van der Waals surface area contributed by atoms with Gasteiger partial charge in [-0.1, -0.05) is 327 Å². The minimum atomic E-state index is -2.41. The summed E-state index contributed by atoms with van der Waals surface area (Å²) in [7, 11) is -6.91. The predicted molar refractivity (Wildman–Crippen MR) is 348 cm³/mol. The van der Waals surface area contributed by atoms with E-state index in [2.05, 4.69) is 159 Å². The van der Waals surface area contributed by atoms with E-state index in [0.717, 1.165) is 5.75 Å². The smallest absolute Gasteiger partial charge is 0.163 e. The van der Waals surface area contributed by atoms with E-state index in [1.807, 2.05) is 7.11 Å². The number of rotatable bonds is 38. The van der Waals surface area contributed by atoms with Gasteiger partial charge in [-0.25, -0.2) is 0 Å². The average Bonchev–Trinajstić information content (AvgIpc) is 3.45. The van der Waals surface area contributed by atoms with E-state index in [-0.39, 0.29) is 0 Å². The third-order valence-corrected chi connectivity index (χ3v) is 42.1. The second-order valence-electron chi connectivity index (χ2n) is 23.5. The molecule has 4 aromatic carbocycles. The fraction of sp³-hybridized carbons (Fsp3) is 0.642. The third kappa shape index (κ3) is 16.4. The molecule has 2 nitrogen and oxygen atoms in total. The second kappa shape index (κ2) is 33.6. The first-order valence-corrected chi connectivity index (χ1v) is 42.7. The zero-order valence-corrected chi connectivity index (χ0v) is 54.5. The van der Waals surface area contributed by atoms with Crippen LogP contribution in [0.2, 0.25) is 54.4 Å². The highest BCUT2D eigenvalue weighted by molar-refractivity contribution is 7.96. The highest BCUT2D eigenvalue weighted by Gasteiger charge is 2.55. The molecule has 1 atom stereocenters. The first kappa shape index (κ1) is 63.0. The van der Waals surface area contributed by atoms with Crippen molar-refractivity contribution in [3.8, 4) is 5.75 Å². The molecule has 1 unspecified atom stereocenters. The summed E-state index contributed by atoms with van der Waals surface area (Å²) >= 11 is 0. The fourth-order valence-corrected chi connectivity index (χ4v) is 39.6. The Bertz CT molecular complexity index is 2020. The standard InChI is InChI=1S/C67H112NOP2Si3/c1-11-20-47-72(48-21-12-2,49-22-13-3)63-42-34-37-59(56-63)70(60-38-35-43-64(57-60)73(50-23-14-4,51-24-15-5)52-25-16-6)68-71(61-39-30-29-31-40-61,67-46-33-32-45-66(67)69-10)62-41-36-44-65(58-62)74(53-26-17-7,54-27-18-8)55-28-19-9/h32-38,41-46,56-58,61,68H,11-31,39-40,47-55H2,1-10H3/q+1. The van der Waals surface area contributed by atoms with Crippen LogP contribution < -0.4 is 46.4 Å². The molecule has 0 saturated heterocycles. The number of para-hydroxylation sites is 1. The van der Waals surface area contributed by atoms with Gasteiger partial charge in [0.25, 0.3) is 0 Å². The van der Waals surface area contributed by atoms with Gasteiger partial charge in [0.2, 0.25) is 0 Å². The predicted octanol–water partition coefficient (Wildman–Crippen LogP) is 18.7. The van der Waals surface area contributed by atoms with Crippen LogP contribution >= 0.6 is 15.5 Å². The van der Waals surface area contributed by atoms with Crippen LogP contribution in [0.3, 0.4) is 0 Å². The highest BCUT2D eigenvalue weighted by atomic mass is 31.2. The molecule has 0 aliphatic heterocycles. The van der Waals surface area contributed by atoms with Gasteiger partial charge in [-0.2, -0.15) is 4.86 Å². The van der Waals surface area contributed by atoms with E-state index in [4.69, 9.17) is 9.59 Å². The largest absolute Gasteiger partial charge is 0.493 e. The van der Waals surface area contributed by atoms with E-state index in [1.54, 1.807) is 31.5 Å². The highest BCUT2D eigenvalue weighted by Crippen LogP contribution is 2.66. The van der Waals surface area contributed by atoms with Gasteiger partial charge in [-0.05, 0) is 60.6 Å². The Morgan fingerprint density at radius 3 is 1.15 bits per heavy atom. The zero-order chi connectivity index (χ0) is 53.1. The van der Waals surface area contributed by atoms with Gasteiger partial charge in [0.05, 0.1) is 45.1 Å². The summed E-state index contributed by atoms with van der Waals surface area (Å²) in [5, 5.41) is 11.5. The molecule has 0 bridgehead atoms. The Labute approximate surface area is 463 Å². The Morgan fingerprint density at radius 2 is 0.784 bits per heavy atom. The maximum Gasteiger partial charge on any atom is 0.163 e. The zero-order valence-electron chi connectivity index (χ0n) is 49.7. The molecule has 0 radical (unpaired) electrons. The molecule has 1 N–H and O–H groups in total. The Kier molecular flexibility index (Phi) is 28.6. The lowest BCUT2D eigenvalue weighted by Crippen LogP contribution is -2.50. The number of benzene rings is 4. The van der Waals surface area contributed by atoms with E-state index in [9.17, 15) is 0 Å². The number of nitrogens with one attached hydrogen (secondary N) is 1. The van der Waals surface area contributed by atoms with Crippen molar-refractivity contribution in [2.24, 2.45) is 0 Å². The number of methoxy groups -OCH3 is 1. The molecule has 0 heterocycles. The van der Waals surface area contributed by atoms with E-state index in [0.29, 0.717) is 5.66 Å². The van der Waals surface area contributed by atoms with Crippen molar-refractivity contribution in [3.05, 3.63) is 97.1 Å². The molecule has 1 saturated carbocycles. The molecule has 7 heteroatoms. The quantitative estimate of drug-likeness (QED) is 0.0357. The van der Waals surface area contributed by atoms with E-state index in [1.165, 1.54) is 207 Å². The summed E-state index contributed by atoms with van der Waals surface area (Å²) in [5.74, 6) is 1.09. The molecule has 412 valence electrons. The minimum Gasteiger partial charge on any atom is -0.493 e. The van der Waals surface area contributed by atoms with Crippen molar-refractivity contribution in [2.75, 3.05) is 7.11 Å². The summed E-state index contributed by atoms with van der Waals surface area (Å²) in [6, 6.07) is 54.3. The SMILES string of the molecule is CCCC[Si](CCCC)(CCCC)c1cccc(P(N[P+](c2cccc([Si](CCCC)(CCCC)CCCC)c2)(c2ccccc2OC)C2CCCCC2)c2cccc([Si](CCCC)(CCCC)CCCC)c2)c1. The molecule has 1 aliphatic rings. The first-order valence-electron chi connectivity index (χ1n) is 31.6. The number of unbranched alkanes of at least 4 members (excludes halogenated alkanes) is 9. The van der Waals surface area contributed by atoms with Crippen LogP contribution in [0.1, 0.15) is 210 Å². The minimum absolute atomic E-state index is 0.538. The van der Waals surface area contributed by atoms with Gasteiger partial charge in [0.15, 0.2) is 18.5 Å². The van der Waals surface area contributed by atoms with E-state index < -0.39 is 39.7 Å². The molecular weight excluding hydrogens is 981 g/mol. The van der Waals surface area contributed by atoms with Crippen molar-refractivity contribution in [2.45, 2.75) is 270 Å². The lowest BCUT2D eigenvalue weighted by Gasteiger charge is -2.41. The third-order valence-electron chi connectivity index (χ3n) is 18.2.